The zero-order valence-electron chi connectivity index (χ0n) is 13.4. The second-order valence-electron chi connectivity index (χ2n) is 6.60. The van der Waals surface area contributed by atoms with Crippen molar-refractivity contribution in [3.8, 4) is 0 Å². The van der Waals surface area contributed by atoms with Gasteiger partial charge >= 0.3 is 11.9 Å². The van der Waals surface area contributed by atoms with E-state index in [4.69, 9.17) is 8.85 Å². The highest BCUT2D eigenvalue weighted by Crippen LogP contribution is 2.06. The zero-order valence-corrected chi connectivity index (χ0v) is 15.4. The second-order valence-corrected chi connectivity index (χ2v) is 15.5. The van der Waals surface area contributed by atoms with Gasteiger partial charge in [0.15, 0.2) is 0 Å². The molecular weight excluding hydrogens is 294 g/mol. The zero-order chi connectivity index (χ0) is 16.1. The molecule has 0 aromatic carbocycles. The van der Waals surface area contributed by atoms with E-state index in [0.717, 1.165) is 0 Å². The predicted octanol–water partition coefficient (Wildman–Crippen LogP) is 1.59. The Morgan fingerprint density at radius 2 is 1.25 bits per heavy atom. The van der Waals surface area contributed by atoms with E-state index in [1.807, 2.05) is 39.3 Å². The van der Waals surface area contributed by atoms with Crippen molar-refractivity contribution in [3.05, 3.63) is 0 Å². The van der Waals surface area contributed by atoms with E-state index in [0.29, 0.717) is 0 Å². The van der Waals surface area contributed by atoms with Gasteiger partial charge in [-0.2, -0.15) is 0 Å². The molecule has 0 saturated carbocycles. The summed E-state index contributed by atoms with van der Waals surface area (Å²) in [5.74, 6) is -1.43. The van der Waals surface area contributed by atoms with E-state index in [1.165, 1.54) is 11.9 Å². The Bertz CT molecular complexity index is 384. The molecule has 0 fully saturated rings. The van der Waals surface area contributed by atoms with E-state index < -0.39 is 34.5 Å². The summed E-state index contributed by atoms with van der Waals surface area (Å²) in [5, 5.41) is 0. The molecule has 0 bridgehead atoms. The van der Waals surface area contributed by atoms with Gasteiger partial charge in [0.25, 0.3) is 0 Å². The molecule has 116 valence electrons. The van der Waals surface area contributed by atoms with Crippen LogP contribution in [0.25, 0.3) is 0 Å². The van der Waals surface area contributed by atoms with Crippen LogP contribution in [0.3, 0.4) is 0 Å². The standard InChI is InChI=1S/C12H25NO5Si2/c1-13(9-12(16)18-20(5,6)7)10(14)8-11(15)17-19(2,3)4/h8-9H2,1-7H3. The molecule has 0 unspecified atom stereocenters. The highest BCUT2D eigenvalue weighted by atomic mass is 28.4. The summed E-state index contributed by atoms with van der Waals surface area (Å²) in [6.07, 6.45) is -0.346. The van der Waals surface area contributed by atoms with Crippen molar-refractivity contribution in [1.82, 2.24) is 4.90 Å². The molecule has 0 saturated heterocycles. The summed E-state index contributed by atoms with van der Waals surface area (Å²) < 4.78 is 10.4. The van der Waals surface area contributed by atoms with Gasteiger partial charge in [0.05, 0.1) is 0 Å². The van der Waals surface area contributed by atoms with Crippen LogP contribution in [0.1, 0.15) is 6.42 Å². The minimum absolute atomic E-state index is 0.149. The third-order valence-corrected chi connectivity index (χ3v) is 3.61. The lowest BCUT2D eigenvalue weighted by Crippen LogP contribution is -2.39. The van der Waals surface area contributed by atoms with Crippen LogP contribution >= 0.6 is 0 Å². The number of rotatable bonds is 6. The molecule has 8 heteroatoms. The van der Waals surface area contributed by atoms with Gasteiger partial charge < -0.3 is 13.8 Å². The summed E-state index contributed by atoms with van der Waals surface area (Å²) in [4.78, 5) is 36.1. The third-order valence-electron chi connectivity index (χ3n) is 1.93. The number of amides is 1. The number of nitrogens with zero attached hydrogens (tertiary/aromatic N) is 1. The van der Waals surface area contributed by atoms with Crippen LogP contribution in [-0.4, -0.2) is 53.0 Å². The van der Waals surface area contributed by atoms with E-state index in [2.05, 4.69) is 0 Å². The summed E-state index contributed by atoms with van der Waals surface area (Å²) >= 11 is 0. The van der Waals surface area contributed by atoms with Crippen molar-refractivity contribution < 1.29 is 23.2 Å². The van der Waals surface area contributed by atoms with Crippen molar-refractivity contribution in [2.24, 2.45) is 0 Å². The first kappa shape index (κ1) is 18.8. The molecule has 0 rings (SSSR count). The molecule has 6 nitrogen and oxygen atoms in total. The maximum Gasteiger partial charge on any atom is 0.312 e. The average Bonchev–Trinajstić information content (AvgIpc) is 2.10. The number of carbonyl (C=O) groups excluding carboxylic acids is 3. The molecule has 0 aliphatic heterocycles. The molecule has 0 radical (unpaired) electrons. The molecule has 0 aromatic rings. The fourth-order valence-electron chi connectivity index (χ4n) is 1.29. The first-order chi connectivity index (χ1) is 8.80. The first-order valence-electron chi connectivity index (χ1n) is 6.48. The van der Waals surface area contributed by atoms with E-state index in [-0.39, 0.29) is 13.0 Å². The maximum atomic E-state index is 11.8. The van der Waals surface area contributed by atoms with Crippen LogP contribution < -0.4 is 0 Å². The molecule has 0 aliphatic rings. The Morgan fingerprint density at radius 1 is 0.850 bits per heavy atom. The largest absolute Gasteiger partial charge is 0.520 e. The highest BCUT2D eigenvalue weighted by molar-refractivity contribution is 6.71. The van der Waals surface area contributed by atoms with Crippen LogP contribution in [0.4, 0.5) is 0 Å². The van der Waals surface area contributed by atoms with Gasteiger partial charge in [-0.3, -0.25) is 14.4 Å². The molecule has 0 aliphatic carbocycles. The van der Waals surface area contributed by atoms with Crippen molar-refractivity contribution >= 4 is 34.5 Å². The lowest BCUT2D eigenvalue weighted by molar-refractivity contribution is -0.146. The van der Waals surface area contributed by atoms with Gasteiger partial charge in [-0.25, -0.2) is 0 Å². The summed E-state index contributed by atoms with van der Waals surface area (Å²) in [6.45, 7) is 11.1. The fourth-order valence-corrected chi connectivity index (χ4v) is 2.79. The molecule has 0 spiro atoms. The van der Waals surface area contributed by atoms with Crippen LogP contribution in [-0.2, 0) is 23.2 Å². The van der Waals surface area contributed by atoms with Crippen LogP contribution in [0, 0.1) is 0 Å². The van der Waals surface area contributed by atoms with E-state index >= 15 is 0 Å². The topological polar surface area (TPSA) is 72.9 Å². The quantitative estimate of drug-likeness (QED) is 0.549. The minimum Gasteiger partial charge on any atom is -0.520 e. The third kappa shape index (κ3) is 9.73. The van der Waals surface area contributed by atoms with Gasteiger partial charge in [0.2, 0.25) is 22.5 Å². The molecule has 0 aromatic heterocycles. The Morgan fingerprint density at radius 3 is 1.65 bits per heavy atom. The highest BCUT2D eigenvalue weighted by Gasteiger charge is 2.25. The lowest BCUT2D eigenvalue weighted by atomic mass is 10.4. The molecular formula is C12H25NO5Si2. The van der Waals surface area contributed by atoms with Crippen LogP contribution in [0.5, 0.6) is 0 Å². The molecule has 1 amide bonds. The van der Waals surface area contributed by atoms with Crippen LogP contribution in [0.15, 0.2) is 0 Å². The smallest absolute Gasteiger partial charge is 0.312 e. The predicted molar refractivity (Wildman–Crippen MR) is 81.1 cm³/mol. The SMILES string of the molecule is CN(CC(=O)O[Si](C)(C)C)C(=O)CC(=O)O[Si](C)(C)C. The summed E-state index contributed by atoms with van der Waals surface area (Å²) in [7, 11) is -2.48. The van der Waals surface area contributed by atoms with Gasteiger partial charge in [0, 0.05) is 7.05 Å². The molecule has 0 N–H and O–H groups in total. The number of likely N-dealkylation sites (N-methyl/N-ethyl adjacent to an activating group) is 1. The Balaban J connectivity index is 4.29. The van der Waals surface area contributed by atoms with Crippen LogP contribution in [0.2, 0.25) is 39.3 Å². The van der Waals surface area contributed by atoms with Gasteiger partial charge in [-0.1, -0.05) is 0 Å². The van der Waals surface area contributed by atoms with Crippen molar-refractivity contribution in [2.45, 2.75) is 45.7 Å². The number of hydrogen-bond acceptors (Lipinski definition) is 5. The number of hydrogen-bond donors (Lipinski definition) is 0. The van der Waals surface area contributed by atoms with Gasteiger partial charge in [-0.15, -0.1) is 0 Å². The van der Waals surface area contributed by atoms with Gasteiger partial charge in [0.1, 0.15) is 13.0 Å². The van der Waals surface area contributed by atoms with E-state index in [1.54, 1.807) is 0 Å². The Hall–Kier alpha value is -1.16. The normalized spacial score (nSPS) is 11.8. The molecule has 0 heterocycles. The molecule has 20 heavy (non-hydrogen) atoms. The molecule has 0 atom stereocenters. The minimum atomic E-state index is -1.99. The first-order valence-corrected chi connectivity index (χ1v) is 13.3. The Kier molecular flexibility index (Phi) is 6.62. The summed E-state index contributed by atoms with van der Waals surface area (Å²) in [5.41, 5.74) is 0. The van der Waals surface area contributed by atoms with Crippen molar-refractivity contribution in [2.75, 3.05) is 13.6 Å². The maximum absolute atomic E-state index is 11.8. The monoisotopic (exact) mass is 319 g/mol. The van der Waals surface area contributed by atoms with Gasteiger partial charge in [-0.05, 0) is 39.3 Å². The Labute approximate surface area is 122 Å². The number of carbonyl (C=O) groups is 3. The van der Waals surface area contributed by atoms with Crippen molar-refractivity contribution in [1.29, 1.82) is 0 Å². The fraction of sp³-hybridized carbons (Fsp3) is 0.750. The van der Waals surface area contributed by atoms with E-state index in [9.17, 15) is 14.4 Å². The lowest BCUT2D eigenvalue weighted by Gasteiger charge is -2.22. The second kappa shape index (κ2) is 7.03. The van der Waals surface area contributed by atoms with Crippen molar-refractivity contribution in [3.63, 3.8) is 0 Å². The summed E-state index contributed by atoms with van der Waals surface area (Å²) in [6, 6.07) is 0. The average molecular weight is 320 g/mol.